The van der Waals surface area contributed by atoms with Gasteiger partial charge in [0.2, 0.25) is 10.0 Å². The summed E-state index contributed by atoms with van der Waals surface area (Å²) in [5.74, 6) is 0.158. The van der Waals surface area contributed by atoms with Crippen LogP contribution >= 0.6 is 22.9 Å². The van der Waals surface area contributed by atoms with E-state index in [0.29, 0.717) is 27.4 Å². The van der Waals surface area contributed by atoms with E-state index in [1.54, 1.807) is 24.3 Å². The third kappa shape index (κ3) is 7.89. The number of hydrogen-bond acceptors (Lipinski definition) is 6. The molecule has 1 saturated heterocycles. The van der Waals surface area contributed by atoms with Gasteiger partial charge in [-0.05, 0) is 55.6 Å². The highest BCUT2D eigenvalue weighted by molar-refractivity contribution is 7.92. The van der Waals surface area contributed by atoms with Crippen LogP contribution < -0.4 is 15.4 Å². The molecule has 0 spiro atoms. The summed E-state index contributed by atoms with van der Waals surface area (Å²) in [6.07, 6.45) is 3.64. The molecular formula is C31H34ClN5O3S2. The lowest BCUT2D eigenvalue weighted by Crippen LogP contribution is -2.48. The number of halogens is 1. The van der Waals surface area contributed by atoms with Gasteiger partial charge in [0, 0.05) is 29.8 Å². The second-order valence-electron chi connectivity index (χ2n) is 10.4. The normalized spacial score (nSPS) is 14.1. The van der Waals surface area contributed by atoms with Crippen molar-refractivity contribution >= 4 is 49.8 Å². The first-order valence-corrected chi connectivity index (χ1v) is 17.0. The number of amides is 2. The fraction of sp³-hybridized carbons (Fsp3) is 0.290. The molecule has 0 saturated carbocycles. The van der Waals surface area contributed by atoms with Crippen LogP contribution in [0, 0.1) is 0 Å². The molecule has 1 aliphatic heterocycles. The molecule has 1 aromatic heterocycles. The number of sulfonamides is 1. The van der Waals surface area contributed by atoms with Gasteiger partial charge in [0.1, 0.15) is 10.0 Å². The Hall–Kier alpha value is -3.44. The maximum atomic E-state index is 13.8. The van der Waals surface area contributed by atoms with Crippen molar-refractivity contribution in [1.82, 2.24) is 15.2 Å². The number of anilines is 2. The van der Waals surface area contributed by atoms with Crippen LogP contribution in [0.15, 0.2) is 84.9 Å². The van der Waals surface area contributed by atoms with Crippen molar-refractivity contribution in [3.8, 4) is 11.3 Å². The molecule has 4 aromatic rings. The predicted molar refractivity (Wildman–Crippen MR) is 172 cm³/mol. The molecule has 42 heavy (non-hydrogen) atoms. The molecule has 8 nitrogen and oxygen atoms in total. The van der Waals surface area contributed by atoms with E-state index in [1.165, 1.54) is 22.5 Å². The largest absolute Gasteiger partial charge is 0.323 e. The Morgan fingerprint density at radius 2 is 1.60 bits per heavy atom. The summed E-state index contributed by atoms with van der Waals surface area (Å²) in [5, 5.41) is 6.83. The molecule has 0 unspecified atom stereocenters. The maximum Gasteiger partial charge on any atom is 0.323 e. The zero-order valence-corrected chi connectivity index (χ0v) is 25.7. The van der Waals surface area contributed by atoms with Gasteiger partial charge in [-0.1, -0.05) is 95.7 Å². The highest BCUT2D eigenvalue weighted by Gasteiger charge is 2.28. The Morgan fingerprint density at radius 3 is 2.17 bits per heavy atom. The molecule has 1 aliphatic rings. The summed E-state index contributed by atoms with van der Waals surface area (Å²) < 4.78 is 25.9. The molecule has 5 rings (SSSR count). The number of piperidine rings is 1. The van der Waals surface area contributed by atoms with E-state index in [4.69, 9.17) is 11.6 Å². The van der Waals surface area contributed by atoms with Crippen molar-refractivity contribution in [2.24, 2.45) is 0 Å². The Balaban J connectivity index is 1.33. The Kier molecular flexibility index (Phi) is 9.79. The van der Waals surface area contributed by atoms with Crippen LogP contribution in [0.2, 0.25) is 4.34 Å². The molecule has 1 fully saturated rings. The van der Waals surface area contributed by atoms with E-state index in [1.807, 2.05) is 17.0 Å². The molecule has 0 bridgehead atoms. The van der Waals surface area contributed by atoms with Crippen molar-refractivity contribution in [3.63, 3.8) is 0 Å². The number of rotatable bonds is 10. The van der Waals surface area contributed by atoms with Crippen molar-refractivity contribution in [1.29, 1.82) is 0 Å². The summed E-state index contributed by atoms with van der Waals surface area (Å²) in [4.78, 5) is 20.4. The van der Waals surface area contributed by atoms with E-state index >= 15 is 0 Å². The van der Waals surface area contributed by atoms with Gasteiger partial charge in [0.25, 0.3) is 0 Å². The number of carbonyl (C=O) groups is 1. The molecule has 220 valence electrons. The average molecular weight is 624 g/mol. The Labute approximate surface area is 256 Å². The first-order valence-electron chi connectivity index (χ1n) is 13.9. The highest BCUT2D eigenvalue weighted by atomic mass is 35.5. The minimum atomic E-state index is -3.38. The predicted octanol–water partition coefficient (Wildman–Crippen LogP) is 6.64. The van der Waals surface area contributed by atoms with E-state index in [2.05, 4.69) is 68.9 Å². The molecule has 3 aromatic carbocycles. The molecule has 0 aliphatic carbocycles. The number of urea groups is 1. The van der Waals surface area contributed by atoms with E-state index in [9.17, 15) is 13.2 Å². The number of carbonyl (C=O) groups excluding carboxylic acids is 1. The monoisotopic (exact) mass is 623 g/mol. The second-order valence-corrected chi connectivity index (χ2v) is 13.7. The van der Waals surface area contributed by atoms with E-state index in [0.717, 1.165) is 44.2 Å². The summed E-state index contributed by atoms with van der Waals surface area (Å²) >= 11 is 7.75. The van der Waals surface area contributed by atoms with Crippen LogP contribution in [0.3, 0.4) is 0 Å². The molecule has 11 heteroatoms. The molecule has 2 heterocycles. The summed E-state index contributed by atoms with van der Waals surface area (Å²) in [5.41, 5.74) is 4.15. The van der Waals surface area contributed by atoms with Gasteiger partial charge in [-0.2, -0.15) is 0 Å². The van der Waals surface area contributed by atoms with Crippen LogP contribution in [0.25, 0.3) is 11.3 Å². The SMILES string of the molecule is CS(=O)(=O)Nc1ccc(-c2nc(NC(=O)N(CCC(c3ccccc3)c3ccccc3)C3CCNCC3)sc2Cl)cc1. The Morgan fingerprint density at radius 1 is 1.00 bits per heavy atom. The molecule has 0 radical (unpaired) electrons. The van der Waals surface area contributed by atoms with Crippen LogP contribution in [-0.4, -0.2) is 56.3 Å². The van der Waals surface area contributed by atoms with E-state index < -0.39 is 10.0 Å². The van der Waals surface area contributed by atoms with Crippen LogP contribution in [-0.2, 0) is 10.0 Å². The standard InChI is InChI=1S/C31H34ClN5O3S2/c1-42(39,40)36-25-14-12-24(13-15-25)28-29(32)41-30(34-28)35-31(38)37(26-16-19-33-20-17-26)21-18-27(22-8-4-2-5-9-22)23-10-6-3-7-11-23/h2-15,26-27,33,36H,16-21H2,1H3,(H,34,35,38). The number of benzene rings is 3. The average Bonchev–Trinajstić information content (AvgIpc) is 3.35. The number of nitrogens with one attached hydrogen (secondary N) is 3. The van der Waals surface area contributed by atoms with Gasteiger partial charge in [-0.3, -0.25) is 10.0 Å². The lowest BCUT2D eigenvalue weighted by atomic mass is 9.88. The fourth-order valence-corrected chi connectivity index (χ4v) is 6.98. The number of hydrogen-bond donors (Lipinski definition) is 3. The topological polar surface area (TPSA) is 103 Å². The fourth-order valence-electron chi connectivity index (χ4n) is 5.34. The van der Waals surface area contributed by atoms with Gasteiger partial charge >= 0.3 is 6.03 Å². The van der Waals surface area contributed by atoms with Gasteiger partial charge in [0.05, 0.1) is 6.26 Å². The first kappa shape index (κ1) is 30.0. The number of nitrogens with zero attached hydrogens (tertiary/aromatic N) is 2. The minimum absolute atomic E-state index is 0.114. The van der Waals surface area contributed by atoms with Gasteiger partial charge in [-0.25, -0.2) is 18.2 Å². The minimum Gasteiger partial charge on any atom is -0.321 e. The van der Waals surface area contributed by atoms with Crippen molar-refractivity contribution in [2.75, 3.05) is 35.9 Å². The van der Waals surface area contributed by atoms with Crippen molar-refractivity contribution in [3.05, 3.63) is 100 Å². The van der Waals surface area contributed by atoms with Crippen molar-refractivity contribution in [2.45, 2.75) is 31.2 Å². The lowest BCUT2D eigenvalue weighted by molar-refractivity contribution is 0.169. The smallest absolute Gasteiger partial charge is 0.321 e. The number of thiazole rings is 1. The maximum absolute atomic E-state index is 13.8. The first-order chi connectivity index (χ1) is 20.3. The van der Waals surface area contributed by atoms with Gasteiger partial charge < -0.3 is 10.2 Å². The lowest BCUT2D eigenvalue weighted by Gasteiger charge is -2.35. The zero-order chi connectivity index (χ0) is 29.5. The third-order valence-corrected chi connectivity index (χ3v) is 9.11. The summed E-state index contributed by atoms with van der Waals surface area (Å²) in [6, 6.07) is 27.6. The number of aromatic nitrogens is 1. The Bertz CT molecular complexity index is 1540. The van der Waals surface area contributed by atoms with Gasteiger partial charge in [-0.15, -0.1) is 0 Å². The second kappa shape index (κ2) is 13.7. The van der Waals surface area contributed by atoms with Gasteiger partial charge in [0.15, 0.2) is 5.13 Å². The van der Waals surface area contributed by atoms with Crippen molar-refractivity contribution < 1.29 is 13.2 Å². The quantitative estimate of drug-likeness (QED) is 0.184. The summed E-state index contributed by atoms with van der Waals surface area (Å²) in [6.45, 7) is 2.32. The highest BCUT2D eigenvalue weighted by Crippen LogP contribution is 2.36. The van der Waals surface area contributed by atoms with Crippen LogP contribution in [0.1, 0.15) is 36.3 Å². The summed E-state index contributed by atoms with van der Waals surface area (Å²) in [7, 11) is -3.38. The molecular weight excluding hydrogens is 590 g/mol. The van der Waals surface area contributed by atoms with Crippen LogP contribution in [0.4, 0.5) is 15.6 Å². The third-order valence-electron chi connectivity index (χ3n) is 7.33. The zero-order valence-electron chi connectivity index (χ0n) is 23.3. The van der Waals surface area contributed by atoms with E-state index in [-0.39, 0.29) is 18.0 Å². The molecule has 3 N–H and O–H groups in total. The molecule has 0 atom stereocenters. The molecule has 2 amide bonds. The van der Waals surface area contributed by atoms with Crippen LogP contribution in [0.5, 0.6) is 0 Å².